The monoisotopic (exact) mass is 404 g/mol. The lowest BCUT2D eigenvalue weighted by atomic mass is 9.98. The first-order valence-corrected chi connectivity index (χ1v) is 9.53. The Bertz CT molecular complexity index is 722. The fraction of sp³-hybridized carbons (Fsp3) is 0.455. The van der Waals surface area contributed by atoms with Crippen LogP contribution in [-0.2, 0) is 32.2 Å². The molecule has 0 amide bonds. The van der Waals surface area contributed by atoms with E-state index >= 15 is 0 Å². The molecule has 1 heterocycles. The normalized spacial score (nSPS) is 27.0. The standard InChI is InChI=1S/C22H28O7/c1-25-14-18-19(23)20(27-13-16-8-10-17(26-2)11-9-16)21(22(24)29-18)28-12-15-6-4-3-5-7-15/h3-11,18-24H,12-14H2,1-2H3/t18-,19-,20+,21-,22+/m1/s1. The summed E-state index contributed by atoms with van der Waals surface area (Å²) in [6, 6.07) is 17.0. The van der Waals surface area contributed by atoms with E-state index < -0.39 is 30.7 Å². The Kier molecular flexibility index (Phi) is 8.00. The molecule has 0 radical (unpaired) electrons. The molecule has 0 spiro atoms. The Morgan fingerprint density at radius 3 is 2.07 bits per heavy atom. The van der Waals surface area contributed by atoms with Crippen molar-refractivity contribution < 1.29 is 33.9 Å². The summed E-state index contributed by atoms with van der Waals surface area (Å²) in [5.74, 6) is 0.750. The number of ether oxygens (including phenoxy) is 5. The Morgan fingerprint density at radius 1 is 0.828 bits per heavy atom. The van der Waals surface area contributed by atoms with Gasteiger partial charge in [-0.25, -0.2) is 0 Å². The molecule has 0 bridgehead atoms. The highest BCUT2D eigenvalue weighted by Crippen LogP contribution is 2.27. The van der Waals surface area contributed by atoms with Crippen molar-refractivity contribution in [2.75, 3.05) is 20.8 Å². The van der Waals surface area contributed by atoms with E-state index in [-0.39, 0.29) is 19.8 Å². The maximum absolute atomic E-state index is 10.8. The van der Waals surface area contributed by atoms with Gasteiger partial charge in [0.1, 0.15) is 30.2 Å². The number of benzene rings is 2. The zero-order valence-electron chi connectivity index (χ0n) is 16.6. The van der Waals surface area contributed by atoms with Crippen molar-refractivity contribution in [1.29, 1.82) is 0 Å². The van der Waals surface area contributed by atoms with Gasteiger partial charge in [-0.15, -0.1) is 0 Å². The van der Waals surface area contributed by atoms with Gasteiger partial charge < -0.3 is 33.9 Å². The Balaban J connectivity index is 1.70. The lowest BCUT2D eigenvalue weighted by Crippen LogP contribution is -2.60. The van der Waals surface area contributed by atoms with Crippen LogP contribution in [0, 0.1) is 0 Å². The third kappa shape index (κ3) is 5.76. The summed E-state index contributed by atoms with van der Waals surface area (Å²) < 4.78 is 27.7. The van der Waals surface area contributed by atoms with Crippen LogP contribution < -0.4 is 4.74 Å². The molecule has 1 aliphatic heterocycles. The predicted octanol–water partition coefficient (Wildman–Crippen LogP) is 1.89. The van der Waals surface area contributed by atoms with Crippen LogP contribution in [0.1, 0.15) is 11.1 Å². The van der Waals surface area contributed by atoms with Crippen molar-refractivity contribution in [3.63, 3.8) is 0 Å². The first-order valence-electron chi connectivity index (χ1n) is 9.53. The highest BCUT2D eigenvalue weighted by Gasteiger charge is 2.46. The third-order valence-electron chi connectivity index (χ3n) is 4.85. The number of methoxy groups -OCH3 is 2. The minimum atomic E-state index is -1.25. The van der Waals surface area contributed by atoms with Gasteiger partial charge in [0.25, 0.3) is 0 Å². The molecule has 158 valence electrons. The molecule has 2 aromatic carbocycles. The molecule has 7 nitrogen and oxygen atoms in total. The van der Waals surface area contributed by atoms with Gasteiger partial charge in [-0.3, -0.25) is 0 Å². The van der Waals surface area contributed by atoms with Crippen molar-refractivity contribution in [1.82, 2.24) is 0 Å². The molecule has 0 aliphatic carbocycles. The molecule has 0 saturated carbocycles. The second kappa shape index (κ2) is 10.7. The maximum Gasteiger partial charge on any atom is 0.184 e. The van der Waals surface area contributed by atoms with Crippen LogP contribution in [0.25, 0.3) is 0 Å². The molecule has 2 N–H and O–H groups in total. The molecule has 1 fully saturated rings. The van der Waals surface area contributed by atoms with Crippen LogP contribution in [0.4, 0.5) is 0 Å². The first kappa shape index (κ1) is 21.7. The van der Waals surface area contributed by atoms with Crippen LogP contribution in [0.2, 0.25) is 0 Å². The van der Waals surface area contributed by atoms with E-state index in [0.29, 0.717) is 0 Å². The van der Waals surface area contributed by atoms with Gasteiger partial charge in [0.15, 0.2) is 6.29 Å². The van der Waals surface area contributed by atoms with Crippen LogP contribution in [0.3, 0.4) is 0 Å². The zero-order chi connectivity index (χ0) is 20.6. The van der Waals surface area contributed by atoms with Crippen molar-refractivity contribution in [3.8, 4) is 5.75 Å². The highest BCUT2D eigenvalue weighted by atomic mass is 16.7. The van der Waals surface area contributed by atoms with Gasteiger partial charge >= 0.3 is 0 Å². The van der Waals surface area contributed by atoms with Gasteiger partial charge in [-0.05, 0) is 23.3 Å². The molecule has 29 heavy (non-hydrogen) atoms. The average molecular weight is 404 g/mol. The fourth-order valence-electron chi connectivity index (χ4n) is 3.26. The lowest BCUT2D eigenvalue weighted by molar-refractivity contribution is -0.308. The van der Waals surface area contributed by atoms with Crippen molar-refractivity contribution >= 4 is 0 Å². The SMILES string of the molecule is COC[C@H]1O[C@H](O)[C@H](OCc2ccccc2)[C@@H](OCc2ccc(OC)cc2)[C@@H]1O. The molecule has 2 aromatic rings. The number of rotatable bonds is 9. The predicted molar refractivity (Wildman–Crippen MR) is 105 cm³/mol. The molecular weight excluding hydrogens is 376 g/mol. The Morgan fingerprint density at radius 2 is 1.45 bits per heavy atom. The van der Waals surface area contributed by atoms with Gasteiger partial charge in [0.05, 0.1) is 26.9 Å². The summed E-state index contributed by atoms with van der Waals surface area (Å²) in [4.78, 5) is 0. The van der Waals surface area contributed by atoms with E-state index in [9.17, 15) is 10.2 Å². The maximum atomic E-state index is 10.8. The molecule has 1 aliphatic rings. The van der Waals surface area contributed by atoms with Crippen molar-refractivity contribution in [2.24, 2.45) is 0 Å². The van der Waals surface area contributed by atoms with E-state index in [1.54, 1.807) is 7.11 Å². The van der Waals surface area contributed by atoms with Gasteiger partial charge in [-0.2, -0.15) is 0 Å². The summed E-state index contributed by atoms with van der Waals surface area (Å²) in [6.07, 6.45) is -4.62. The van der Waals surface area contributed by atoms with E-state index in [2.05, 4.69) is 0 Å². The van der Waals surface area contributed by atoms with Crippen LogP contribution in [-0.4, -0.2) is 61.7 Å². The lowest BCUT2D eigenvalue weighted by Gasteiger charge is -2.42. The number of hydrogen-bond donors (Lipinski definition) is 2. The fourth-order valence-corrected chi connectivity index (χ4v) is 3.26. The minimum absolute atomic E-state index is 0.131. The minimum Gasteiger partial charge on any atom is -0.497 e. The smallest absolute Gasteiger partial charge is 0.184 e. The van der Waals surface area contributed by atoms with Gasteiger partial charge in [-0.1, -0.05) is 42.5 Å². The molecular formula is C22H28O7. The Labute approximate surface area is 170 Å². The second-order valence-electron chi connectivity index (χ2n) is 6.90. The van der Waals surface area contributed by atoms with E-state index in [1.807, 2.05) is 54.6 Å². The Hall–Kier alpha value is -2.00. The first-order chi connectivity index (χ1) is 14.1. The molecule has 5 atom stereocenters. The van der Waals surface area contributed by atoms with Gasteiger partial charge in [0, 0.05) is 7.11 Å². The summed E-state index contributed by atoms with van der Waals surface area (Å²) in [6.45, 7) is 0.630. The average Bonchev–Trinajstić information content (AvgIpc) is 2.75. The van der Waals surface area contributed by atoms with E-state index in [0.717, 1.165) is 16.9 Å². The van der Waals surface area contributed by atoms with Crippen molar-refractivity contribution in [3.05, 3.63) is 65.7 Å². The summed E-state index contributed by atoms with van der Waals surface area (Å²) in [5, 5.41) is 21.3. The second-order valence-corrected chi connectivity index (χ2v) is 6.90. The van der Waals surface area contributed by atoms with Crippen LogP contribution in [0.15, 0.2) is 54.6 Å². The number of hydrogen-bond acceptors (Lipinski definition) is 7. The van der Waals surface area contributed by atoms with Crippen LogP contribution in [0.5, 0.6) is 5.75 Å². The van der Waals surface area contributed by atoms with Gasteiger partial charge in [0.2, 0.25) is 0 Å². The summed E-state index contributed by atoms with van der Waals surface area (Å²) in [5.41, 5.74) is 1.85. The van der Waals surface area contributed by atoms with E-state index in [4.69, 9.17) is 23.7 Å². The van der Waals surface area contributed by atoms with E-state index in [1.165, 1.54) is 7.11 Å². The molecule has 0 aromatic heterocycles. The van der Waals surface area contributed by atoms with Crippen molar-refractivity contribution in [2.45, 2.75) is 43.9 Å². The summed E-state index contributed by atoms with van der Waals surface area (Å²) >= 11 is 0. The largest absolute Gasteiger partial charge is 0.497 e. The highest BCUT2D eigenvalue weighted by molar-refractivity contribution is 5.26. The topological polar surface area (TPSA) is 86.6 Å². The number of aliphatic hydroxyl groups is 2. The molecule has 0 unspecified atom stereocenters. The summed E-state index contributed by atoms with van der Waals surface area (Å²) in [7, 11) is 3.11. The quantitative estimate of drug-likeness (QED) is 0.660. The molecule has 7 heteroatoms. The van der Waals surface area contributed by atoms with Crippen LogP contribution >= 0.6 is 0 Å². The number of aliphatic hydroxyl groups excluding tert-OH is 2. The molecule has 1 saturated heterocycles. The molecule has 3 rings (SSSR count). The third-order valence-corrected chi connectivity index (χ3v) is 4.85. The zero-order valence-corrected chi connectivity index (χ0v) is 16.6.